The molecule has 0 aliphatic heterocycles. The van der Waals surface area contributed by atoms with E-state index in [1.165, 1.54) is 12.1 Å². The second kappa shape index (κ2) is 5.40. The Morgan fingerprint density at radius 2 is 2.41 bits per heavy atom. The van der Waals surface area contributed by atoms with Gasteiger partial charge in [-0.25, -0.2) is 4.98 Å². The molecule has 3 nitrogen and oxygen atoms in total. The molecule has 94 valence electrons. The summed E-state index contributed by atoms with van der Waals surface area (Å²) in [6.45, 7) is 2.02. The van der Waals surface area contributed by atoms with Crippen molar-refractivity contribution < 1.29 is 9.53 Å². The fourth-order valence-electron chi connectivity index (χ4n) is 1.75. The molecular weight excluding hydrogens is 254 g/mol. The predicted octanol–water partition coefficient (Wildman–Crippen LogP) is 3.03. The van der Waals surface area contributed by atoms with Crippen LogP contribution in [0, 0.1) is 12.3 Å². The van der Waals surface area contributed by atoms with E-state index in [9.17, 15) is 4.79 Å². The van der Waals surface area contributed by atoms with E-state index >= 15 is 0 Å². The number of ether oxygens (including phenoxy) is 1. The summed E-state index contributed by atoms with van der Waals surface area (Å²) < 4.78 is 4.74. The summed E-state index contributed by atoms with van der Waals surface area (Å²) in [6, 6.07) is 0. The summed E-state index contributed by atoms with van der Waals surface area (Å²) in [5, 5.41) is 3.26. The van der Waals surface area contributed by atoms with Crippen molar-refractivity contribution in [3.05, 3.63) is 16.1 Å². The first-order valence-corrected chi connectivity index (χ1v) is 7.73. The molecule has 2 rings (SSSR count). The molecule has 0 N–H and O–H groups in total. The number of hydrogen-bond acceptors (Lipinski definition) is 5. The van der Waals surface area contributed by atoms with Crippen LogP contribution in [0.15, 0.2) is 5.38 Å². The van der Waals surface area contributed by atoms with Crippen LogP contribution in [0.1, 0.15) is 30.0 Å². The number of aryl methyl sites for hydroxylation is 1. The van der Waals surface area contributed by atoms with E-state index in [2.05, 4.69) is 10.4 Å². The summed E-state index contributed by atoms with van der Waals surface area (Å²) in [5.74, 6) is 1.93. The Balaban J connectivity index is 1.73. The highest BCUT2D eigenvalue weighted by Gasteiger charge is 2.44. The summed E-state index contributed by atoms with van der Waals surface area (Å²) in [7, 11) is 1.46. The highest BCUT2D eigenvalue weighted by molar-refractivity contribution is 7.98. The van der Waals surface area contributed by atoms with Gasteiger partial charge in [-0.15, -0.1) is 11.3 Å². The lowest BCUT2D eigenvalue weighted by molar-refractivity contribution is -0.141. The molecule has 1 aromatic heterocycles. The topological polar surface area (TPSA) is 39.2 Å². The molecular formula is C12H17NO2S2. The Morgan fingerprint density at radius 1 is 1.65 bits per heavy atom. The number of carbonyl (C=O) groups is 1. The summed E-state index contributed by atoms with van der Waals surface area (Å²) in [4.78, 5) is 15.7. The maximum atomic E-state index is 11.3. The van der Waals surface area contributed by atoms with Gasteiger partial charge in [-0.05, 0) is 30.9 Å². The molecule has 0 amide bonds. The largest absolute Gasteiger partial charge is 0.469 e. The van der Waals surface area contributed by atoms with Gasteiger partial charge in [-0.1, -0.05) is 0 Å². The molecule has 0 atom stereocenters. The molecule has 0 saturated heterocycles. The van der Waals surface area contributed by atoms with Crippen LogP contribution in [0.4, 0.5) is 0 Å². The number of rotatable bonds is 6. The third kappa shape index (κ3) is 3.71. The van der Waals surface area contributed by atoms with Gasteiger partial charge in [0.15, 0.2) is 0 Å². The zero-order valence-electron chi connectivity index (χ0n) is 10.2. The normalized spacial score (nSPS) is 16.8. The van der Waals surface area contributed by atoms with E-state index in [-0.39, 0.29) is 11.4 Å². The van der Waals surface area contributed by atoms with E-state index in [4.69, 9.17) is 4.74 Å². The molecule has 0 aromatic carbocycles. The van der Waals surface area contributed by atoms with Gasteiger partial charge in [0.25, 0.3) is 0 Å². The molecule has 1 saturated carbocycles. The maximum Gasteiger partial charge on any atom is 0.306 e. The molecule has 0 bridgehead atoms. The molecule has 5 heteroatoms. The van der Waals surface area contributed by atoms with E-state index < -0.39 is 0 Å². The standard InChI is InChI=1S/C12H17NO2S2/c1-9-6-17-10(13-9)7-16-8-12(3-4-12)5-11(14)15-2/h6H,3-5,7-8H2,1-2H3. The van der Waals surface area contributed by atoms with Crippen LogP contribution < -0.4 is 0 Å². The Morgan fingerprint density at radius 3 is 2.94 bits per heavy atom. The van der Waals surface area contributed by atoms with Crippen molar-refractivity contribution in [2.24, 2.45) is 5.41 Å². The van der Waals surface area contributed by atoms with Gasteiger partial charge in [0.2, 0.25) is 0 Å². The Labute approximate surface area is 110 Å². The van der Waals surface area contributed by atoms with Crippen molar-refractivity contribution in [2.45, 2.75) is 31.9 Å². The molecule has 0 spiro atoms. The number of nitrogens with zero attached hydrogens (tertiary/aromatic N) is 1. The highest BCUT2D eigenvalue weighted by atomic mass is 32.2. The second-order valence-corrected chi connectivity index (χ2v) is 6.56. The van der Waals surface area contributed by atoms with Crippen LogP contribution in [0.3, 0.4) is 0 Å². The number of methoxy groups -OCH3 is 1. The lowest BCUT2D eigenvalue weighted by Gasteiger charge is -2.12. The Kier molecular flexibility index (Phi) is 4.09. The Hall–Kier alpha value is -0.550. The zero-order chi connectivity index (χ0) is 12.3. The third-order valence-corrected chi connectivity index (χ3v) is 5.45. The summed E-state index contributed by atoms with van der Waals surface area (Å²) >= 11 is 3.60. The maximum absolute atomic E-state index is 11.3. The quantitative estimate of drug-likeness (QED) is 0.746. The molecule has 1 fully saturated rings. The van der Waals surface area contributed by atoms with Crippen LogP contribution in [0.5, 0.6) is 0 Å². The number of hydrogen-bond donors (Lipinski definition) is 0. The average Bonchev–Trinajstić information content (AvgIpc) is 2.93. The first-order chi connectivity index (χ1) is 8.13. The zero-order valence-corrected chi connectivity index (χ0v) is 11.8. The lowest BCUT2D eigenvalue weighted by Crippen LogP contribution is -2.13. The van der Waals surface area contributed by atoms with Gasteiger partial charge in [-0.3, -0.25) is 4.79 Å². The first-order valence-electron chi connectivity index (χ1n) is 5.69. The Bertz CT molecular complexity index is 399. The van der Waals surface area contributed by atoms with Crippen LogP contribution >= 0.6 is 23.1 Å². The van der Waals surface area contributed by atoms with Gasteiger partial charge < -0.3 is 4.74 Å². The number of thioether (sulfide) groups is 1. The fraction of sp³-hybridized carbons (Fsp3) is 0.667. The number of aromatic nitrogens is 1. The monoisotopic (exact) mass is 271 g/mol. The molecule has 1 heterocycles. The van der Waals surface area contributed by atoms with Crippen LogP contribution in [0.25, 0.3) is 0 Å². The van der Waals surface area contributed by atoms with Gasteiger partial charge in [0.05, 0.1) is 13.5 Å². The predicted molar refractivity (Wildman–Crippen MR) is 71.3 cm³/mol. The van der Waals surface area contributed by atoms with Crippen molar-refractivity contribution in [3.8, 4) is 0 Å². The van der Waals surface area contributed by atoms with Gasteiger partial charge in [-0.2, -0.15) is 11.8 Å². The molecule has 17 heavy (non-hydrogen) atoms. The van der Waals surface area contributed by atoms with Crippen molar-refractivity contribution >= 4 is 29.1 Å². The van der Waals surface area contributed by atoms with Crippen molar-refractivity contribution in [1.82, 2.24) is 4.98 Å². The lowest BCUT2D eigenvalue weighted by atomic mass is 10.1. The number of carbonyl (C=O) groups excluding carboxylic acids is 1. The van der Waals surface area contributed by atoms with Crippen LogP contribution in [0.2, 0.25) is 0 Å². The minimum Gasteiger partial charge on any atom is -0.469 e. The second-order valence-electron chi connectivity index (χ2n) is 4.63. The first kappa shape index (κ1) is 12.9. The average molecular weight is 271 g/mol. The minimum absolute atomic E-state index is 0.0757. The van der Waals surface area contributed by atoms with Crippen molar-refractivity contribution in [2.75, 3.05) is 12.9 Å². The SMILES string of the molecule is COC(=O)CC1(CSCc2nc(C)cs2)CC1. The molecule has 0 radical (unpaired) electrons. The third-order valence-electron chi connectivity index (χ3n) is 3.00. The van der Waals surface area contributed by atoms with E-state index in [1.54, 1.807) is 11.3 Å². The van der Waals surface area contributed by atoms with Crippen molar-refractivity contribution in [3.63, 3.8) is 0 Å². The minimum atomic E-state index is -0.0757. The molecule has 1 aliphatic rings. The molecule has 1 aliphatic carbocycles. The summed E-state index contributed by atoms with van der Waals surface area (Å²) in [5.41, 5.74) is 1.32. The number of thiazole rings is 1. The van der Waals surface area contributed by atoms with E-state index in [1.807, 2.05) is 18.7 Å². The smallest absolute Gasteiger partial charge is 0.306 e. The van der Waals surface area contributed by atoms with Crippen LogP contribution in [-0.2, 0) is 15.3 Å². The highest BCUT2D eigenvalue weighted by Crippen LogP contribution is 2.51. The van der Waals surface area contributed by atoms with Crippen molar-refractivity contribution in [1.29, 1.82) is 0 Å². The van der Waals surface area contributed by atoms with Gasteiger partial charge >= 0.3 is 5.97 Å². The molecule has 1 aromatic rings. The van der Waals surface area contributed by atoms with Gasteiger partial charge in [0.1, 0.15) is 5.01 Å². The van der Waals surface area contributed by atoms with E-state index in [0.717, 1.165) is 30.0 Å². The number of esters is 1. The van der Waals surface area contributed by atoms with Crippen LogP contribution in [-0.4, -0.2) is 23.8 Å². The molecule has 0 unspecified atom stereocenters. The van der Waals surface area contributed by atoms with E-state index in [0.29, 0.717) is 6.42 Å². The summed E-state index contributed by atoms with van der Waals surface area (Å²) in [6.07, 6.45) is 2.89. The fourth-order valence-corrected chi connectivity index (χ4v) is 3.99. The van der Waals surface area contributed by atoms with Gasteiger partial charge in [0, 0.05) is 16.8 Å².